The SMILES string of the molecule is CCn1c(C2CCCN2C(=O)c2cnc(OC)c(Cl)c2)nc2ccccc21. The van der Waals surface area contributed by atoms with Crippen molar-refractivity contribution < 1.29 is 9.53 Å². The summed E-state index contributed by atoms with van der Waals surface area (Å²) in [6, 6.07) is 9.66. The highest BCUT2D eigenvalue weighted by Gasteiger charge is 2.34. The van der Waals surface area contributed by atoms with E-state index in [9.17, 15) is 4.79 Å². The Hall–Kier alpha value is -2.60. The number of ether oxygens (including phenoxy) is 1. The van der Waals surface area contributed by atoms with Crippen LogP contribution in [0.4, 0.5) is 0 Å². The van der Waals surface area contributed by atoms with Crippen LogP contribution in [-0.4, -0.2) is 39.0 Å². The predicted octanol–water partition coefficient (Wildman–Crippen LogP) is 4.09. The first-order valence-electron chi connectivity index (χ1n) is 9.09. The summed E-state index contributed by atoms with van der Waals surface area (Å²) >= 11 is 6.16. The lowest BCUT2D eigenvalue weighted by Crippen LogP contribution is -2.32. The van der Waals surface area contributed by atoms with Gasteiger partial charge in [-0.2, -0.15) is 0 Å². The second-order valence-corrected chi connectivity index (χ2v) is 6.98. The van der Waals surface area contributed by atoms with E-state index >= 15 is 0 Å². The Bertz CT molecular complexity index is 1000. The van der Waals surface area contributed by atoms with Crippen LogP contribution < -0.4 is 4.74 Å². The molecule has 0 aliphatic carbocycles. The fourth-order valence-corrected chi connectivity index (χ4v) is 4.06. The third-order valence-electron chi connectivity index (χ3n) is 5.06. The van der Waals surface area contributed by atoms with E-state index in [1.807, 2.05) is 23.1 Å². The number of methoxy groups -OCH3 is 1. The van der Waals surface area contributed by atoms with Crippen LogP contribution in [0.3, 0.4) is 0 Å². The average Bonchev–Trinajstić information content (AvgIpc) is 3.31. The molecule has 0 saturated carbocycles. The second kappa shape index (κ2) is 7.19. The Morgan fingerprint density at radius 2 is 2.19 bits per heavy atom. The number of rotatable bonds is 4. The van der Waals surface area contributed by atoms with Crippen molar-refractivity contribution in [3.63, 3.8) is 0 Å². The van der Waals surface area contributed by atoms with Crippen molar-refractivity contribution in [1.82, 2.24) is 19.4 Å². The fraction of sp³-hybridized carbons (Fsp3) is 0.350. The number of aromatic nitrogens is 3. The highest BCUT2D eigenvalue weighted by Crippen LogP contribution is 2.35. The molecule has 0 spiro atoms. The molecule has 1 aliphatic heterocycles. The Morgan fingerprint density at radius 3 is 2.93 bits per heavy atom. The molecular weight excluding hydrogens is 364 g/mol. The number of imidazole rings is 1. The monoisotopic (exact) mass is 384 g/mol. The molecule has 1 saturated heterocycles. The zero-order chi connectivity index (χ0) is 19.0. The van der Waals surface area contributed by atoms with E-state index < -0.39 is 0 Å². The topological polar surface area (TPSA) is 60.2 Å². The van der Waals surface area contributed by atoms with Gasteiger partial charge in [-0.1, -0.05) is 23.7 Å². The van der Waals surface area contributed by atoms with Crippen molar-refractivity contribution in [3.8, 4) is 5.88 Å². The number of halogens is 1. The number of hydrogen-bond donors (Lipinski definition) is 0. The van der Waals surface area contributed by atoms with Gasteiger partial charge in [-0.25, -0.2) is 9.97 Å². The van der Waals surface area contributed by atoms with Crippen molar-refractivity contribution >= 4 is 28.5 Å². The predicted molar refractivity (Wildman–Crippen MR) is 104 cm³/mol. The number of carbonyl (C=O) groups excluding carboxylic acids is 1. The van der Waals surface area contributed by atoms with E-state index in [0.29, 0.717) is 23.0 Å². The van der Waals surface area contributed by atoms with Crippen molar-refractivity contribution in [2.24, 2.45) is 0 Å². The zero-order valence-electron chi connectivity index (χ0n) is 15.4. The van der Waals surface area contributed by atoms with Gasteiger partial charge in [0.15, 0.2) is 0 Å². The maximum Gasteiger partial charge on any atom is 0.256 e. The number of amides is 1. The molecule has 1 fully saturated rings. The number of fused-ring (bicyclic) bond motifs is 1. The van der Waals surface area contributed by atoms with Gasteiger partial charge in [0.1, 0.15) is 10.8 Å². The molecule has 0 N–H and O–H groups in total. The third kappa shape index (κ3) is 3.04. The van der Waals surface area contributed by atoms with Crippen LogP contribution in [0, 0.1) is 0 Å². The minimum atomic E-state index is -0.0794. The van der Waals surface area contributed by atoms with Gasteiger partial charge in [0.05, 0.1) is 29.7 Å². The zero-order valence-corrected chi connectivity index (χ0v) is 16.1. The van der Waals surface area contributed by atoms with Crippen molar-refractivity contribution in [2.45, 2.75) is 32.4 Å². The van der Waals surface area contributed by atoms with E-state index in [2.05, 4.69) is 22.5 Å². The van der Waals surface area contributed by atoms with Crippen LogP contribution in [0.2, 0.25) is 5.02 Å². The lowest BCUT2D eigenvalue weighted by Gasteiger charge is -2.25. The molecule has 4 rings (SSSR count). The largest absolute Gasteiger partial charge is 0.480 e. The minimum Gasteiger partial charge on any atom is -0.480 e. The summed E-state index contributed by atoms with van der Waals surface area (Å²) in [5.41, 5.74) is 2.53. The standard InChI is InChI=1S/C20H21ClN4O2/c1-3-24-16-8-5-4-7-15(16)23-18(24)17-9-6-10-25(17)20(26)13-11-14(21)19(27-2)22-12-13/h4-5,7-8,11-12,17H,3,6,9-10H2,1-2H3. The number of para-hydroxylation sites is 2. The van der Waals surface area contributed by atoms with Gasteiger partial charge in [-0.15, -0.1) is 0 Å². The highest BCUT2D eigenvalue weighted by atomic mass is 35.5. The van der Waals surface area contributed by atoms with Gasteiger partial charge in [0.2, 0.25) is 5.88 Å². The van der Waals surface area contributed by atoms with Gasteiger partial charge in [0, 0.05) is 19.3 Å². The summed E-state index contributed by atoms with van der Waals surface area (Å²) in [6.45, 7) is 3.61. The fourth-order valence-electron chi connectivity index (χ4n) is 3.82. The van der Waals surface area contributed by atoms with E-state index in [-0.39, 0.29) is 11.9 Å². The molecule has 3 heterocycles. The molecule has 0 bridgehead atoms. The van der Waals surface area contributed by atoms with Crippen molar-refractivity contribution in [2.75, 3.05) is 13.7 Å². The number of likely N-dealkylation sites (tertiary alicyclic amines) is 1. The number of nitrogens with zero attached hydrogens (tertiary/aromatic N) is 4. The van der Waals surface area contributed by atoms with Gasteiger partial charge in [0.25, 0.3) is 5.91 Å². The van der Waals surface area contributed by atoms with Crippen LogP contribution >= 0.6 is 11.6 Å². The molecule has 1 aromatic carbocycles. The van der Waals surface area contributed by atoms with E-state index in [0.717, 1.165) is 36.2 Å². The molecule has 7 heteroatoms. The Kier molecular flexibility index (Phi) is 4.74. The smallest absolute Gasteiger partial charge is 0.256 e. The molecule has 0 radical (unpaired) electrons. The number of benzene rings is 1. The van der Waals surface area contributed by atoms with Crippen LogP contribution in [0.25, 0.3) is 11.0 Å². The van der Waals surface area contributed by atoms with Gasteiger partial charge >= 0.3 is 0 Å². The molecule has 27 heavy (non-hydrogen) atoms. The Morgan fingerprint density at radius 1 is 1.37 bits per heavy atom. The summed E-state index contributed by atoms with van der Waals surface area (Å²) in [5, 5.41) is 0.333. The summed E-state index contributed by atoms with van der Waals surface area (Å²) < 4.78 is 7.28. The first kappa shape index (κ1) is 17.8. The van der Waals surface area contributed by atoms with Crippen LogP contribution in [0.5, 0.6) is 5.88 Å². The number of pyridine rings is 1. The Balaban J connectivity index is 1.70. The lowest BCUT2D eigenvalue weighted by molar-refractivity contribution is 0.0727. The lowest BCUT2D eigenvalue weighted by atomic mass is 10.2. The first-order chi connectivity index (χ1) is 13.1. The summed E-state index contributed by atoms with van der Waals surface area (Å²) in [4.78, 5) is 24.0. The van der Waals surface area contributed by atoms with Gasteiger partial charge in [-0.05, 0) is 38.0 Å². The van der Waals surface area contributed by atoms with Crippen LogP contribution in [0.15, 0.2) is 36.5 Å². The molecule has 1 unspecified atom stereocenters. The first-order valence-corrected chi connectivity index (χ1v) is 9.47. The molecule has 1 amide bonds. The normalized spacial score (nSPS) is 16.9. The second-order valence-electron chi connectivity index (χ2n) is 6.57. The number of carbonyl (C=O) groups is 1. The van der Waals surface area contributed by atoms with Crippen LogP contribution in [0.1, 0.15) is 42.0 Å². The van der Waals surface area contributed by atoms with Crippen molar-refractivity contribution in [1.29, 1.82) is 0 Å². The van der Waals surface area contributed by atoms with Gasteiger partial charge in [-0.3, -0.25) is 4.79 Å². The molecule has 1 aliphatic rings. The van der Waals surface area contributed by atoms with Crippen molar-refractivity contribution in [3.05, 3.63) is 52.9 Å². The highest BCUT2D eigenvalue weighted by molar-refractivity contribution is 6.32. The summed E-state index contributed by atoms with van der Waals surface area (Å²) in [5.74, 6) is 1.18. The molecular formula is C20H21ClN4O2. The minimum absolute atomic E-state index is 0.0503. The van der Waals surface area contributed by atoms with Crippen LogP contribution in [-0.2, 0) is 6.54 Å². The van der Waals surface area contributed by atoms with E-state index in [1.54, 1.807) is 6.07 Å². The maximum atomic E-state index is 13.1. The third-order valence-corrected chi connectivity index (χ3v) is 5.33. The van der Waals surface area contributed by atoms with E-state index in [4.69, 9.17) is 21.3 Å². The molecule has 140 valence electrons. The molecule has 1 atom stereocenters. The summed E-state index contributed by atoms with van der Waals surface area (Å²) in [6.07, 6.45) is 3.36. The molecule has 3 aromatic rings. The Labute approximate surface area is 162 Å². The van der Waals surface area contributed by atoms with Gasteiger partial charge < -0.3 is 14.2 Å². The summed E-state index contributed by atoms with van der Waals surface area (Å²) in [7, 11) is 1.50. The quantitative estimate of drug-likeness (QED) is 0.679. The maximum absolute atomic E-state index is 13.1. The molecule has 6 nitrogen and oxygen atoms in total. The number of hydrogen-bond acceptors (Lipinski definition) is 4. The number of aryl methyl sites for hydroxylation is 1. The van der Waals surface area contributed by atoms with E-state index in [1.165, 1.54) is 13.3 Å². The average molecular weight is 385 g/mol. The molecule has 2 aromatic heterocycles.